The van der Waals surface area contributed by atoms with Gasteiger partial charge in [-0.15, -0.1) is 17.9 Å². The highest BCUT2D eigenvalue weighted by Crippen LogP contribution is 2.33. The summed E-state index contributed by atoms with van der Waals surface area (Å²) in [5.74, 6) is 6.55. The Kier molecular flexibility index (Phi) is 6.93. The van der Waals surface area contributed by atoms with E-state index in [9.17, 15) is 0 Å². The van der Waals surface area contributed by atoms with E-state index >= 15 is 0 Å². The minimum Gasteiger partial charge on any atom is -0.496 e. The number of allylic oxidation sites excluding steroid dienone is 1. The lowest BCUT2D eigenvalue weighted by Gasteiger charge is -2.15. The number of nitrogens with two attached hydrogens (primary N) is 1. The van der Waals surface area contributed by atoms with Crippen LogP contribution in [-0.4, -0.2) is 7.11 Å². The molecule has 1 aromatic heterocycles. The maximum absolute atomic E-state index is 5.61. The maximum Gasteiger partial charge on any atom is 0.134 e. The molecule has 0 saturated heterocycles. The van der Waals surface area contributed by atoms with Crippen LogP contribution in [0.4, 0.5) is 0 Å². The van der Waals surface area contributed by atoms with Crippen LogP contribution in [0.5, 0.6) is 5.75 Å². The molecule has 0 aliphatic carbocycles. The van der Waals surface area contributed by atoms with Gasteiger partial charge >= 0.3 is 0 Å². The summed E-state index contributed by atoms with van der Waals surface area (Å²) in [4.78, 5) is 1.19. The van der Waals surface area contributed by atoms with Crippen molar-refractivity contribution in [2.24, 2.45) is 5.84 Å². The van der Waals surface area contributed by atoms with Crippen molar-refractivity contribution >= 4 is 11.3 Å². The third-order valence-corrected chi connectivity index (χ3v) is 3.81. The fraction of sp³-hybridized carbons (Fsp3) is 0.538. The van der Waals surface area contributed by atoms with E-state index in [4.69, 9.17) is 10.6 Å². The SMILES string of the molecule is C=CCCCCCC(NN)c1sccc1OC. The quantitative estimate of drug-likeness (QED) is 0.307. The molecule has 96 valence electrons. The molecule has 0 amide bonds. The van der Waals surface area contributed by atoms with E-state index in [0.717, 1.165) is 18.6 Å². The van der Waals surface area contributed by atoms with Crippen LogP contribution in [0.2, 0.25) is 0 Å². The van der Waals surface area contributed by atoms with Crippen LogP contribution in [-0.2, 0) is 0 Å². The lowest BCUT2D eigenvalue weighted by molar-refractivity contribution is 0.398. The number of hydrogen-bond acceptors (Lipinski definition) is 4. The molecule has 3 N–H and O–H groups in total. The molecule has 4 heteroatoms. The smallest absolute Gasteiger partial charge is 0.134 e. The third kappa shape index (κ3) is 4.50. The molecule has 0 bridgehead atoms. The molecule has 0 radical (unpaired) electrons. The average molecular weight is 254 g/mol. The number of hydrogen-bond donors (Lipinski definition) is 2. The lowest BCUT2D eigenvalue weighted by atomic mass is 10.1. The van der Waals surface area contributed by atoms with Crippen LogP contribution in [0.25, 0.3) is 0 Å². The number of methoxy groups -OCH3 is 1. The van der Waals surface area contributed by atoms with Crippen LogP contribution in [0.1, 0.15) is 43.0 Å². The zero-order valence-corrected chi connectivity index (χ0v) is 11.3. The van der Waals surface area contributed by atoms with E-state index in [1.54, 1.807) is 18.4 Å². The fourth-order valence-electron chi connectivity index (χ4n) is 1.84. The first-order chi connectivity index (χ1) is 8.33. The number of nitrogens with one attached hydrogen (secondary N) is 1. The highest BCUT2D eigenvalue weighted by Gasteiger charge is 2.15. The third-order valence-electron chi connectivity index (χ3n) is 2.80. The molecule has 17 heavy (non-hydrogen) atoms. The van der Waals surface area contributed by atoms with Gasteiger partial charge in [0.15, 0.2) is 0 Å². The molecule has 1 rings (SSSR count). The fourth-order valence-corrected chi connectivity index (χ4v) is 2.79. The topological polar surface area (TPSA) is 47.3 Å². The van der Waals surface area contributed by atoms with Crippen LogP contribution in [0.15, 0.2) is 24.1 Å². The van der Waals surface area contributed by atoms with E-state index in [1.165, 1.54) is 24.1 Å². The van der Waals surface area contributed by atoms with Gasteiger partial charge in [-0.05, 0) is 30.7 Å². The Morgan fingerprint density at radius 3 is 3.00 bits per heavy atom. The number of unbranched alkanes of at least 4 members (excludes halogenated alkanes) is 3. The van der Waals surface area contributed by atoms with Crippen LogP contribution in [0.3, 0.4) is 0 Å². The van der Waals surface area contributed by atoms with Crippen LogP contribution in [0, 0.1) is 0 Å². The van der Waals surface area contributed by atoms with Gasteiger partial charge in [-0.3, -0.25) is 11.3 Å². The van der Waals surface area contributed by atoms with Crippen molar-refractivity contribution in [1.82, 2.24) is 5.43 Å². The van der Waals surface area contributed by atoms with Crippen LogP contribution >= 0.6 is 11.3 Å². The molecular weight excluding hydrogens is 232 g/mol. The Balaban J connectivity index is 2.40. The molecule has 0 fully saturated rings. The molecule has 0 aromatic carbocycles. The zero-order chi connectivity index (χ0) is 12.5. The first-order valence-electron chi connectivity index (χ1n) is 6.01. The highest BCUT2D eigenvalue weighted by atomic mass is 32.1. The van der Waals surface area contributed by atoms with E-state index in [1.807, 2.05) is 17.5 Å². The monoisotopic (exact) mass is 254 g/mol. The molecule has 1 atom stereocenters. The summed E-state index contributed by atoms with van der Waals surface area (Å²) in [5.41, 5.74) is 2.88. The summed E-state index contributed by atoms with van der Waals surface area (Å²) in [7, 11) is 1.70. The molecule has 0 saturated carbocycles. The summed E-state index contributed by atoms with van der Waals surface area (Å²) < 4.78 is 5.31. The molecule has 1 heterocycles. The Bertz CT molecular complexity index is 325. The summed E-state index contributed by atoms with van der Waals surface area (Å²) in [6.45, 7) is 3.73. The maximum atomic E-state index is 5.61. The van der Waals surface area contributed by atoms with Crippen molar-refractivity contribution in [3.63, 3.8) is 0 Å². The van der Waals surface area contributed by atoms with E-state index in [0.29, 0.717) is 0 Å². The number of thiophene rings is 1. The molecule has 1 unspecified atom stereocenters. The largest absolute Gasteiger partial charge is 0.496 e. The van der Waals surface area contributed by atoms with Crippen LogP contribution < -0.4 is 16.0 Å². The van der Waals surface area contributed by atoms with Crippen molar-refractivity contribution in [2.45, 2.75) is 38.1 Å². The Morgan fingerprint density at radius 2 is 2.35 bits per heavy atom. The number of ether oxygens (including phenoxy) is 1. The van der Waals surface area contributed by atoms with Gasteiger partial charge in [-0.2, -0.15) is 0 Å². The lowest BCUT2D eigenvalue weighted by Crippen LogP contribution is -2.27. The molecule has 0 spiro atoms. The van der Waals surface area contributed by atoms with Gasteiger partial charge in [0.2, 0.25) is 0 Å². The number of hydrazine groups is 1. The second-order valence-electron chi connectivity index (χ2n) is 4.00. The van der Waals surface area contributed by atoms with Crippen molar-refractivity contribution in [3.05, 3.63) is 29.0 Å². The van der Waals surface area contributed by atoms with Crippen molar-refractivity contribution in [3.8, 4) is 5.75 Å². The van der Waals surface area contributed by atoms with Gasteiger partial charge in [-0.25, -0.2) is 0 Å². The van der Waals surface area contributed by atoms with Gasteiger partial charge < -0.3 is 4.74 Å². The molecular formula is C13H22N2OS. The Hall–Kier alpha value is -0.840. The van der Waals surface area contributed by atoms with Gasteiger partial charge in [0.1, 0.15) is 5.75 Å². The standard InChI is InChI=1S/C13H22N2OS/c1-3-4-5-6-7-8-11(15-14)13-12(16-2)9-10-17-13/h3,9-11,15H,1,4-8,14H2,2H3. The summed E-state index contributed by atoms with van der Waals surface area (Å²) in [6.07, 6.45) is 7.72. The van der Waals surface area contributed by atoms with Gasteiger partial charge in [0.25, 0.3) is 0 Å². The molecule has 0 aliphatic heterocycles. The van der Waals surface area contributed by atoms with E-state index in [-0.39, 0.29) is 6.04 Å². The van der Waals surface area contributed by atoms with Crippen molar-refractivity contribution in [1.29, 1.82) is 0 Å². The minimum atomic E-state index is 0.202. The predicted octanol–water partition coefficient (Wildman–Crippen LogP) is 3.40. The van der Waals surface area contributed by atoms with Gasteiger partial charge in [-0.1, -0.05) is 18.9 Å². The normalized spacial score (nSPS) is 12.4. The minimum absolute atomic E-state index is 0.202. The first kappa shape index (κ1) is 14.2. The van der Waals surface area contributed by atoms with E-state index in [2.05, 4.69) is 12.0 Å². The van der Waals surface area contributed by atoms with Crippen molar-refractivity contribution in [2.75, 3.05) is 7.11 Å². The predicted molar refractivity (Wildman–Crippen MR) is 74.2 cm³/mol. The molecule has 0 aliphatic rings. The first-order valence-corrected chi connectivity index (χ1v) is 6.89. The second-order valence-corrected chi connectivity index (χ2v) is 4.95. The Labute approximate surface area is 108 Å². The highest BCUT2D eigenvalue weighted by molar-refractivity contribution is 7.10. The molecule has 3 nitrogen and oxygen atoms in total. The van der Waals surface area contributed by atoms with Crippen molar-refractivity contribution < 1.29 is 4.74 Å². The Morgan fingerprint density at radius 1 is 1.53 bits per heavy atom. The summed E-state index contributed by atoms with van der Waals surface area (Å²) in [6, 6.07) is 2.19. The van der Waals surface area contributed by atoms with E-state index < -0.39 is 0 Å². The second kappa shape index (κ2) is 8.28. The molecule has 1 aromatic rings. The van der Waals surface area contributed by atoms with Gasteiger partial charge in [0, 0.05) is 0 Å². The zero-order valence-electron chi connectivity index (χ0n) is 10.4. The summed E-state index contributed by atoms with van der Waals surface area (Å²) >= 11 is 1.69. The van der Waals surface area contributed by atoms with Gasteiger partial charge in [0.05, 0.1) is 18.0 Å². The average Bonchev–Trinajstić information content (AvgIpc) is 2.82. The number of rotatable bonds is 9. The summed E-state index contributed by atoms with van der Waals surface area (Å²) in [5, 5.41) is 2.04.